The molecule has 2 bridgehead atoms. The highest BCUT2D eigenvalue weighted by Gasteiger charge is 2.42. The standard InChI is InChI=1S/C22H25BrN2O3S/c1-14(20-13-15-6-7-16(20)12-15)24-22(26)19-4-2-3-5-21(19)25-29(27,28)18-10-8-17(23)9-11-18/h2-5,8-11,14-16,20,25H,6-7,12-13H2,1H3,(H,24,26)/t14-,15-,16-,20-/m1/s1. The number of para-hydroxylation sites is 1. The van der Waals surface area contributed by atoms with Gasteiger partial charge in [-0.15, -0.1) is 0 Å². The van der Waals surface area contributed by atoms with E-state index in [9.17, 15) is 13.2 Å². The van der Waals surface area contributed by atoms with Gasteiger partial charge in [0.1, 0.15) is 0 Å². The quantitative estimate of drug-likeness (QED) is 0.628. The molecule has 5 nitrogen and oxygen atoms in total. The summed E-state index contributed by atoms with van der Waals surface area (Å²) in [5.74, 6) is 1.80. The van der Waals surface area contributed by atoms with E-state index in [1.54, 1.807) is 36.4 Å². The second kappa shape index (κ2) is 8.11. The van der Waals surface area contributed by atoms with Gasteiger partial charge >= 0.3 is 0 Å². The monoisotopic (exact) mass is 476 g/mol. The summed E-state index contributed by atoms with van der Waals surface area (Å²) < 4.78 is 28.9. The fourth-order valence-corrected chi connectivity index (χ4v) is 6.23. The summed E-state index contributed by atoms with van der Waals surface area (Å²) >= 11 is 3.30. The van der Waals surface area contributed by atoms with Crippen LogP contribution in [0.15, 0.2) is 57.9 Å². The molecule has 2 aliphatic carbocycles. The van der Waals surface area contributed by atoms with Crippen molar-refractivity contribution in [1.29, 1.82) is 0 Å². The van der Waals surface area contributed by atoms with Gasteiger partial charge < -0.3 is 5.32 Å². The Morgan fingerprint density at radius 3 is 2.45 bits per heavy atom. The highest BCUT2D eigenvalue weighted by molar-refractivity contribution is 9.10. The summed E-state index contributed by atoms with van der Waals surface area (Å²) in [6.07, 6.45) is 5.06. The van der Waals surface area contributed by atoms with E-state index in [0.717, 1.165) is 10.4 Å². The van der Waals surface area contributed by atoms with Crippen LogP contribution in [0.2, 0.25) is 0 Å². The van der Waals surface area contributed by atoms with Gasteiger partial charge in [-0.25, -0.2) is 8.42 Å². The fraction of sp³-hybridized carbons (Fsp3) is 0.409. The first-order chi connectivity index (χ1) is 13.8. The van der Waals surface area contributed by atoms with Crippen LogP contribution >= 0.6 is 15.9 Å². The Bertz CT molecular complexity index is 1010. The number of halogens is 1. The van der Waals surface area contributed by atoms with E-state index >= 15 is 0 Å². The minimum absolute atomic E-state index is 0.0777. The third kappa shape index (κ3) is 4.36. The van der Waals surface area contributed by atoms with Crippen LogP contribution in [0.3, 0.4) is 0 Å². The molecule has 29 heavy (non-hydrogen) atoms. The topological polar surface area (TPSA) is 75.3 Å². The van der Waals surface area contributed by atoms with Crippen molar-refractivity contribution < 1.29 is 13.2 Å². The number of carbonyl (C=O) groups excluding carboxylic acids is 1. The summed E-state index contributed by atoms with van der Waals surface area (Å²) in [6.45, 7) is 2.07. The number of fused-ring (bicyclic) bond motifs is 2. The predicted molar refractivity (Wildman–Crippen MR) is 117 cm³/mol. The number of rotatable bonds is 6. The lowest BCUT2D eigenvalue weighted by atomic mass is 9.84. The Hall–Kier alpha value is -1.86. The third-order valence-electron chi connectivity index (χ3n) is 6.33. The van der Waals surface area contributed by atoms with Crippen molar-refractivity contribution >= 4 is 37.5 Å². The maximum atomic E-state index is 13.0. The van der Waals surface area contributed by atoms with Gasteiger partial charge in [0.2, 0.25) is 0 Å². The fourth-order valence-electron chi connectivity index (χ4n) is 4.89. The molecule has 0 aromatic heterocycles. The minimum Gasteiger partial charge on any atom is -0.349 e. The van der Waals surface area contributed by atoms with Crippen molar-refractivity contribution in [3.05, 3.63) is 58.6 Å². The van der Waals surface area contributed by atoms with Crippen LogP contribution in [0, 0.1) is 17.8 Å². The smallest absolute Gasteiger partial charge is 0.261 e. The van der Waals surface area contributed by atoms with Gasteiger partial charge in [0.05, 0.1) is 16.1 Å². The Labute approximate surface area is 180 Å². The van der Waals surface area contributed by atoms with Crippen LogP contribution in [0.5, 0.6) is 0 Å². The van der Waals surface area contributed by atoms with Crippen LogP contribution in [-0.2, 0) is 10.0 Å². The van der Waals surface area contributed by atoms with Crippen LogP contribution in [0.4, 0.5) is 5.69 Å². The predicted octanol–water partition coefficient (Wildman–Crippen LogP) is 4.80. The normalized spacial score (nSPS) is 24.3. The number of carbonyl (C=O) groups is 1. The summed E-state index contributed by atoms with van der Waals surface area (Å²) in [5.41, 5.74) is 0.622. The van der Waals surface area contributed by atoms with Gasteiger partial charge in [-0.05, 0) is 80.3 Å². The van der Waals surface area contributed by atoms with Gasteiger partial charge in [0.25, 0.3) is 15.9 Å². The first-order valence-electron chi connectivity index (χ1n) is 10.0. The van der Waals surface area contributed by atoms with Crippen molar-refractivity contribution in [2.24, 2.45) is 17.8 Å². The van der Waals surface area contributed by atoms with Crippen molar-refractivity contribution in [3.8, 4) is 0 Å². The zero-order chi connectivity index (χ0) is 20.6. The molecule has 0 saturated heterocycles. The molecule has 0 spiro atoms. The maximum absolute atomic E-state index is 13.0. The number of amides is 1. The number of nitrogens with one attached hydrogen (secondary N) is 2. The molecule has 0 heterocycles. The summed E-state index contributed by atoms with van der Waals surface area (Å²) in [5, 5.41) is 3.12. The highest BCUT2D eigenvalue weighted by Crippen LogP contribution is 2.49. The Balaban J connectivity index is 1.50. The molecule has 4 atom stereocenters. The SMILES string of the molecule is C[C@@H](NC(=O)c1ccccc1NS(=O)(=O)c1ccc(Br)cc1)[C@H]1C[C@@H]2CC[C@@H]1C2. The first kappa shape index (κ1) is 20.4. The summed E-state index contributed by atoms with van der Waals surface area (Å²) in [4.78, 5) is 13.1. The third-order valence-corrected chi connectivity index (χ3v) is 8.24. The number of benzene rings is 2. The first-order valence-corrected chi connectivity index (χ1v) is 12.3. The van der Waals surface area contributed by atoms with Gasteiger partial charge in [-0.3, -0.25) is 9.52 Å². The van der Waals surface area contributed by atoms with E-state index in [0.29, 0.717) is 17.4 Å². The Morgan fingerprint density at radius 2 is 1.79 bits per heavy atom. The molecule has 0 radical (unpaired) electrons. The van der Waals surface area contributed by atoms with Gasteiger partial charge in [0, 0.05) is 10.5 Å². The minimum atomic E-state index is -3.79. The van der Waals surface area contributed by atoms with E-state index in [1.165, 1.54) is 37.8 Å². The summed E-state index contributed by atoms with van der Waals surface area (Å²) in [6, 6.07) is 13.2. The molecular weight excluding hydrogens is 452 g/mol. The van der Waals surface area contributed by atoms with E-state index in [1.807, 2.05) is 0 Å². The van der Waals surface area contributed by atoms with Crippen molar-refractivity contribution in [2.45, 2.75) is 43.5 Å². The van der Waals surface area contributed by atoms with E-state index in [-0.39, 0.29) is 22.5 Å². The second-order valence-electron chi connectivity index (χ2n) is 8.21. The lowest BCUT2D eigenvalue weighted by Crippen LogP contribution is -2.40. The van der Waals surface area contributed by atoms with Crippen LogP contribution in [0.25, 0.3) is 0 Å². The maximum Gasteiger partial charge on any atom is 0.261 e. The van der Waals surface area contributed by atoms with Crippen molar-refractivity contribution in [2.75, 3.05) is 4.72 Å². The lowest BCUT2D eigenvalue weighted by Gasteiger charge is -2.28. The average molecular weight is 477 g/mol. The lowest BCUT2D eigenvalue weighted by molar-refractivity contribution is 0.0916. The molecule has 2 aromatic carbocycles. The summed E-state index contributed by atoms with van der Waals surface area (Å²) in [7, 11) is -3.79. The molecule has 4 rings (SSSR count). The largest absolute Gasteiger partial charge is 0.349 e. The number of anilines is 1. The average Bonchev–Trinajstić information content (AvgIpc) is 3.32. The Kier molecular flexibility index (Phi) is 5.71. The molecule has 0 unspecified atom stereocenters. The molecule has 2 saturated carbocycles. The van der Waals surface area contributed by atoms with Gasteiger partial charge in [-0.2, -0.15) is 0 Å². The molecule has 1 amide bonds. The zero-order valence-corrected chi connectivity index (χ0v) is 18.7. The number of sulfonamides is 1. The van der Waals surface area contributed by atoms with E-state index in [4.69, 9.17) is 0 Å². The zero-order valence-electron chi connectivity index (χ0n) is 16.3. The number of hydrogen-bond donors (Lipinski definition) is 2. The van der Waals surface area contributed by atoms with Crippen molar-refractivity contribution in [1.82, 2.24) is 5.32 Å². The molecular formula is C22H25BrN2O3S. The molecule has 154 valence electrons. The number of hydrogen-bond acceptors (Lipinski definition) is 3. The van der Waals surface area contributed by atoms with Crippen molar-refractivity contribution in [3.63, 3.8) is 0 Å². The molecule has 7 heteroatoms. The molecule has 2 aliphatic rings. The molecule has 2 aromatic rings. The van der Waals surface area contributed by atoms with Gasteiger partial charge in [-0.1, -0.05) is 34.5 Å². The Morgan fingerprint density at radius 1 is 1.07 bits per heavy atom. The molecule has 0 aliphatic heterocycles. The van der Waals surface area contributed by atoms with E-state index in [2.05, 4.69) is 32.9 Å². The van der Waals surface area contributed by atoms with Gasteiger partial charge in [0.15, 0.2) is 0 Å². The second-order valence-corrected chi connectivity index (χ2v) is 10.8. The molecule has 2 N–H and O–H groups in total. The van der Waals surface area contributed by atoms with Crippen LogP contribution in [-0.4, -0.2) is 20.4 Å². The van der Waals surface area contributed by atoms with E-state index < -0.39 is 10.0 Å². The highest BCUT2D eigenvalue weighted by atomic mass is 79.9. The van der Waals surface area contributed by atoms with Crippen LogP contribution < -0.4 is 10.0 Å². The van der Waals surface area contributed by atoms with Crippen LogP contribution in [0.1, 0.15) is 43.0 Å². The molecule has 2 fully saturated rings.